The number of thioether (sulfide) groups is 1. The van der Waals surface area contributed by atoms with Crippen LogP contribution in [0.15, 0.2) is 24.3 Å². The fourth-order valence-electron chi connectivity index (χ4n) is 3.12. The van der Waals surface area contributed by atoms with Gasteiger partial charge in [0.05, 0.1) is 4.92 Å². The van der Waals surface area contributed by atoms with E-state index in [4.69, 9.17) is 4.74 Å². The first-order valence-electron chi connectivity index (χ1n) is 8.43. The van der Waals surface area contributed by atoms with E-state index in [0.717, 1.165) is 0 Å². The molecule has 3 rings (SSSR count). The number of carbonyl (C=O) groups is 3. The zero-order chi connectivity index (χ0) is 20.5. The Bertz CT molecular complexity index is 820. The molecule has 2 heterocycles. The number of β-lactam (4-membered cyclic amide) rings is 1. The number of hydrogen-bond acceptors (Lipinski definition) is 7. The third-order valence-electron chi connectivity index (χ3n) is 4.71. The van der Waals surface area contributed by atoms with Gasteiger partial charge in [-0.1, -0.05) is 15.9 Å². The van der Waals surface area contributed by atoms with E-state index < -0.39 is 22.3 Å². The summed E-state index contributed by atoms with van der Waals surface area (Å²) in [4.78, 5) is 48.1. The summed E-state index contributed by atoms with van der Waals surface area (Å²) in [5, 5.41) is 13.5. The molecule has 2 aliphatic heterocycles. The molecule has 0 spiro atoms. The third-order valence-corrected chi connectivity index (χ3v) is 7.37. The van der Waals surface area contributed by atoms with Crippen LogP contribution in [0.3, 0.4) is 0 Å². The smallest absolute Gasteiger partial charge is 0.315 e. The van der Waals surface area contributed by atoms with E-state index in [1.54, 1.807) is 4.90 Å². The largest absolute Gasteiger partial charge is 0.460 e. The molecule has 1 aromatic carbocycles. The number of nitrogens with zero attached hydrogens (tertiary/aromatic N) is 2. The van der Waals surface area contributed by atoms with E-state index in [1.807, 2.05) is 0 Å². The quantitative estimate of drug-likeness (QED) is 0.219. The van der Waals surface area contributed by atoms with Crippen molar-refractivity contribution in [3.05, 3.63) is 39.9 Å². The molecule has 2 fully saturated rings. The Kier molecular flexibility index (Phi) is 5.94. The molecule has 28 heavy (non-hydrogen) atoms. The lowest BCUT2D eigenvalue weighted by molar-refractivity contribution is -0.384. The predicted octanol–water partition coefficient (Wildman–Crippen LogP) is 1.44. The number of carbonyl (C=O) groups excluding carboxylic acids is 3. The van der Waals surface area contributed by atoms with Gasteiger partial charge in [0, 0.05) is 36.7 Å². The fourth-order valence-corrected chi connectivity index (χ4v) is 5.52. The lowest BCUT2D eigenvalue weighted by Crippen LogP contribution is -2.73. The highest BCUT2D eigenvalue weighted by Crippen LogP contribution is 2.43. The average Bonchev–Trinajstić information content (AvgIpc) is 2.69. The van der Waals surface area contributed by atoms with Crippen LogP contribution >= 0.6 is 27.7 Å². The van der Waals surface area contributed by atoms with Crippen LogP contribution in [0.4, 0.5) is 5.69 Å². The molecular weight excluding hydrogens is 454 g/mol. The number of nitro groups is 1. The number of nitrogens with one attached hydrogen (secondary N) is 1. The number of esters is 1. The second-order valence-corrected chi connectivity index (χ2v) is 8.43. The summed E-state index contributed by atoms with van der Waals surface area (Å²) < 4.78 is 5.44. The molecule has 0 radical (unpaired) electrons. The van der Waals surface area contributed by atoms with Gasteiger partial charge >= 0.3 is 5.97 Å². The van der Waals surface area contributed by atoms with E-state index in [-0.39, 0.29) is 36.0 Å². The SMILES string of the molecule is CC(=O)NC1C(=O)N2CC(CBr)(C(=O)OCc3ccc([N+](=O)[O-])cc3)CS[C@H]12. The van der Waals surface area contributed by atoms with Gasteiger partial charge in [-0.25, -0.2) is 0 Å². The van der Waals surface area contributed by atoms with Crippen molar-refractivity contribution >= 4 is 51.2 Å². The molecule has 0 saturated carbocycles. The number of benzene rings is 1. The van der Waals surface area contributed by atoms with E-state index >= 15 is 0 Å². The van der Waals surface area contributed by atoms with Crippen LogP contribution in [0.2, 0.25) is 0 Å². The number of hydrogen-bond donors (Lipinski definition) is 1. The van der Waals surface area contributed by atoms with Crippen molar-refractivity contribution in [2.75, 3.05) is 17.6 Å². The average molecular weight is 472 g/mol. The number of halogens is 1. The van der Waals surface area contributed by atoms with Gasteiger partial charge in [0.25, 0.3) is 5.69 Å². The van der Waals surface area contributed by atoms with Crippen LogP contribution in [0, 0.1) is 15.5 Å². The first kappa shape index (κ1) is 20.6. The maximum Gasteiger partial charge on any atom is 0.315 e. The first-order valence-corrected chi connectivity index (χ1v) is 10.6. The van der Waals surface area contributed by atoms with Crippen LogP contribution in [-0.2, 0) is 25.7 Å². The number of ether oxygens (including phenoxy) is 1. The number of alkyl halides is 1. The van der Waals surface area contributed by atoms with Crippen molar-refractivity contribution in [3.8, 4) is 0 Å². The summed E-state index contributed by atoms with van der Waals surface area (Å²) >= 11 is 4.81. The minimum absolute atomic E-state index is 0.0118. The summed E-state index contributed by atoms with van der Waals surface area (Å²) in [6.07, 6.45) is 0. The summed E-state index contributed by atoms with van der Waals surface area (Å²) in [5.74, 6) is -0.467. The van der Waals surface area contributed by atoms with Crippen LogP contribution in [0.1, 0.15) is 12.5 Å². The van der Waals surface area contributed by atoms with Gasteiger partial charge in [0.2, 0.25) is 11.8 Å². The molecule has 2 aliphatic rings. The highest BCUT2D eigenvalue weighted by molar-refractivity contribution is 9.09. The Morgan fingerprint density at radius 3 is 2.68 bits per heavy atom. The van der Waals surface area contributed by atoms with Crippen LogP contribution in [-0.4, -0.2) is 56.7 Å². The summed E-state index contributed by atoms with van der Waals surface area (Å²) in [5.41, 5.74) is -0.291. The van der Waals surface area contributed by atoms with Gasteiger partial charge in [-0.15, -0.1) is 11.8 Å². The van der Waals surface area contributed by atoms with E-state index in [9.17, 15) is 24.5 Å². The number of amides is 2. The number of non-ortho nitro benzene ring substituents is 1. The van der Waals surface area contributed by atoms with Crippen LogP contribution < -0.4 is 5.32 Å². The molecule has 9 nitrogen and oxygen atoms in total. The Hall–Kier alpha value is -2.14. The van der Waals surface area contributed by atoms with Gasteiger partial charge in [0.15, 0.2) is 0 Å². The highest BCUT2D eigenvalue weighted by Gasteiger charge is 2.57. The second-order valence-electron chi connectivity index (χ2n) is 6.76. The topological polar surface area (TPSA) is 119 Å². The van der Waals surface area contributed by atoms with Crippen LogP contribution in [0.5, 0.6) is 0 Å². The zero-order valence-electron chi connectivity index (χ0n) is 14.9. The van der Waals surface area contributed by atoms with Crippen molar-refractivity contribution in [2.45, 2.75) is 24.9 Å². The predicted molar refractivity (Wildman–Crippen MR) is 105 cm³/mol. The first-order chi connectivity index (χ1) is 13.3. The monoisotopic (exact) mass is 471 g/mol. The van der Waals surface area contributed by atoms with Gasteiger partial charge in [-0.3, -0.25) is 24.5 Å². The van der Waals surface area contributed by atoms with Gasteiger partial charge in [0.1, 0.15) is 23.4 Å². The second kappa shape index (κ2) is 8.08. The molecule has 11 heteroatoms. The zero-order valence-corrected chi connectivity index (χ0v) is 17.3. The minimum atomic E-state index is -0.890. The molecule has 150 valence electrons. The molecule has 2 amide bonds. The van der Waals surface area contributed by atoms with Gasteiger partial charge < -0.3 is 15.0 Å². The number of nitro benzene ring substituents is 1. The molecule has 0 bridgehead atoms. The van der Waals surface area contributed by atoms with Crippen molar-refractivity contribution in [1.82, 2.24) is 10.2 Å². The number of fused-ring (bicyclic) bond motifs is 1. The molecule has 1 N–H and O–H groups in total. The van der Waals surface area contributed by atoms with E-state index in [1.165, 1.54) is 43.0 Å². The number of rotatable bonds is 6. The molecular formula is C17H18BrN3O6S. The molecule has 3 atom stereocenters. The minimum Gasteiger partial charge on any atom is -0.460 e. The third kappa shape index (κ3) is 3.86. The molecule has 2 unspecified atom stereocenters. The Balaban J connectivity index is 1.61. The Morgan fingerprint density at radius 1 is 1.43 bits per heavy atom. The fraction of sp³-hybridized carbons (Fsp3) is 0.471. The lowest BCUT2D eigenvalue weighted by Gasteiger charge is -2.53. The van der Waals surface area contributed by atoms with Crippen LogP contribution in [0.25, 0.3) is 0 Å². The molecule has 0 aliphatic carbocycles. The maximum absolute atomic E-state index is 12.8. The lowest BCUT2D eigenvalue weighted by atomic mass is 9.89. The molecule has 1 aromatic rings. The summed E-state index contributed by atoms with van der Waals surface area (Å²) in [7, 11) is 0. The molecule has 0 aromatic heterocycles. The van der Waals surface area contributed by atoms with Crippen molar-refractivity contribution in [3.63, 3.8) is 0 Å². The van der Waals surface area contributed by atoms with Gasteiger partial charge in [-0.2, -0.15) is 0 Å². The normalized spacial score (nSPS) is 26.1. The Morgan fingerprint density at radius 2 is 2.11 bits per heavy atom. The molecule has 2 saturated heterocycles. The Labute approximate surface area is 173 Å². The van der Waals surface area contributed by atoms with Crippen molar-refractivity contribution in [2.24, 2.45) is 5.41 Å². The summed E-state index contributed by atoms with van der Waals surface area (Å²) in [6, 6.07) is 5.23. The van der Waals surface area contributed by atoms with E-state index in [2.05, 4.69) is 21.2 Å². The standard InChI is InChI=1S/C17H18BrN3O6S/c1-10(22)19-13-14(23)20-8-17(7-18,9-28-15(13)20)16(24)27-6-11-2-4-12(5-3-11)21(25)26/h2-5,13,15H,6-9H2,1H3,(H,19,22)/t13?,15-,17?/m1/s1. The highest BCUT2D eigenvalue weighted by atomic mass is 79.9. The van der Waals surface area contributed by atoms with Crippen molar-refractivity contribution < 1.29 is 24.0 Å². The van der Waals surface area contributed by atoms with Crippen molar-refractivity contribution in [1.29, 1.82) is 0 Å². The van der Waals surface area contributed by atoms with E-state index in [0.29, 0.717) is 16.6 Å². The maximum atomic E-state index is 12.8. The van der Waals surface area contributed by atoms with Gasteiger partial charge in [-0.05, 0) is 17.7 Å². The summed E-state index contributed by atoms with van der Waals surface area (Å²) in [6.45, 7) is 1.56.